The predicted octanol–water partition coefficient (Wildman–Crippen LogP) is 7.97. The Kier molecular flexibility index (Phi) is 8.77. The van der Waals surface area contributed by atoms with E-state index < -0.39 is 0 Å². The van der Waals surface area contributed by atoms with Crippen molar-refractivity contribution in [2.75, 3.05) is 6.61 Å². The fourth-order valence-electron chi connectivity index (χ4n) is 4.80. The Morgan fingerprint density at radius 1 is 1.03 bits per heavy atom. The molecule has 1 aromatic heterocycles. The highest BCUT2D eigenvalue weighted by atomic mass is 79.9. The minimum atomic E-state index is -0.292. The van der Waals surface area contributed by atoms with Gasteiger partial charge in [-0.3, -0.25) is 4.79 Å². The molecule has 1 aliphatic carbocycles. The van der Waals surface area contributed by atoms with Gasteiger partial charge in [-0.05, 0) is 83.7 Å². The Bertz CT molecular complexity index is 1570. The largest absolute Gasteiger partial charge is 0.490 e. The molecule has 0 radical (unpaired) electrons. The molecule has 5 rings (SSSR count). The van der Waals surface area contributed by atoms with Gasteiger partial charge in [0.25, 0.3) is 5.56 Å². The summed E-state index contributed by atoms with van der Waals surface area (Å²) in [6, 6.07) is 15.4. The molecule has 1 saturated carbocycles. The Hall–Kier alpha value is -3.04. The first-order valence-electron chi connectivity index (χ1n) is 13.0. The van der Waals surface area contributed by atoms with Crippen LogP contribution in [0.2, 0.25) is 0 Å². The van der Waals surface area contributed by atoms with Gasteiger partial charge in [0.2, 0.25) is 0 Å². The molecule has 0 unspecified atom stereocenters. The molecule has 0 aliphatic heterocycles. The number of nitrogens with zero attached hydrogens (tertiary/aromatic N) is 3. The summed E-state index contributed by atoms with van der Waals surface area (Å²) < 4.78 is 28.1. The van der Waals surface area contributed by atoms with Gasteiger partial charge in [0, 0.05) is 20.4 Å². The van der Waals surface area contributed by atoms with Crippen LogP contribution in [0.15, 0.2) is 73.4 Å². The minimum absolute atomic E-state index is 0.182. The van der Waals surface area contributed by atoms with Crippen LogP contribution in [0.1, 0.15) is 61.9 Å². The summed E-state index contributed by atoms with van der Waals surface area (Å²) in [5.74, 6) is 1.68. The lowest BCUT2D eigenvalue weighted by molar-refractivity contribution is 0.269. The number of benzene rings is 3. The second-order valence-electron chi connectivity index (χ2n) is 9.50. The van der Waals surface area contributed by atoms with Gasteiger partial charge in [0.05, 0.1) is 23.7 Å². The van der Waals surface area contributed by atoms with E-state index in [9.17, 15) is 9.18 Å². The summed E-state index contributed by atoms with van der Waals surface area (Å²) >= 11 is 7.09. The number of fused-ring (bicyclic) bond motifs is 1. The maximum Gasteiger partial charge on any atom is 0.282 e. The summed E-state index contributed by atoms with van der Waals surface area (Å²) in [6.45, 7) is 2.60. The summed E-state index contributed by atoms with van der Waals surface area (Å²) in [5.41, 5.74) is 2.05. The van der Waals surface area contributed by atoms with Crippen LogP contribution in [0.5, 0.6) is 11.5 Å². The van der Waals surface area contributed by atoms with Crippen molar-refractivity contribution in [3.8, 4) is 11.5 Å². The van der Waals surface area contributed by atoms with Crippen LogP contribution in [0.3, 0.4) is 0 Å². The molecule has 39 heavy (non-hydrogen) atoms. The average Bonchev–Trinajstić information content (AvgIpc) is 2.94. The second kappa shape index (κ2) is 12.4. The van der Waals surface area contributed by atoms with Gasteiger partial charge in [0.15, 0.2) is 11.5 Å². The molecule has 0 bridgehead atoms. The van der Waals surface area contributed by atoms with E-state index >= 15 is 0 Å². The number of aromatic nitrogens is 2. The van der Waals surface area contributed by atoms with Gasteiger partial charge in [-0.1, -0.05) is 47.3 Å². The van der Waals surface area contributed by atoms with Crippen LogP contribution >= 0.6 is 31.9 Å². The lowest BCUT2D eigenvalue weighted by Gasteiger charge is -2.22. The lowest BCUT2D eigenvalue weighted by atomic mass is 9.88. The number of hydrogen-bond acceptors (Lipinski definition) is 5. The van der Waals surface area contributed by atoms with Gasteiger partial charge in [-0.25, -0.2) is 9.37 Å². The quantitative estimate of drug-likeness (QED) is 0.181. The van der Waals surface area contributed by atoms with Gasteiger partial charge < -0.3 is 9.47 Å². The molecule has 1 fully saturated rings. The zero-order valence-corrected chi connectivity index (χ0v) is 24.7. The summed E-state index contributed by atoms with van der Waals surface area (Å²) in [7, 11) is 0. The summed E-state index contributed by atoms with van der Waals surface area (Å²) in [6.07, 6.45) is 7.06. The third-order valence-electron chi connectivity index (χ3n) is 6.79. The molecule has 202 valence electrons. The second-order valence-corrected chi connectivity index (χ2v) is 11.3. The van der Waals surface area contributed by atoms with E-state index in [-0.39, 0.29) is 23.9 Å². The fourth-order valence-corrected chi connectivity index (χ4v) is 5.58. The maximum absolute atomic E-state index is 13.6. The van der Waals surface area contributed by atoms with E-state index in [1.807, 2.05) is 31.2 Å². The average molecular weight is 657 g/mol. The van der Waals surface area contributed by atoms with E-state index in [1.54, 1.807) is 24.4 Å². The Morgan fingerprint density at radius 2 is 1.77 bits per heavy atom. The Morgan fingerprint density at radius 3 is 2.51 bits per heavy atom. The van der Waals surface area contributed by atoms with E-state index in [4.69, 9.17) is 14.5 Å². The molecule has 6 nitrogen and oxygen atoms in total. The number of halogens is 3. The standard InChI is InChI=1S/C30H28Br2FN3O3/c1-2-38-27-14-21(25(32)16-28(27)39-18-19-8-11-23(33)12-9-19)17-34-36-29(20-6-4-3-5-7-20)35-26-13-10-22(31)15-24(26)30(36)37/h8-17,20H,2-7,18H2,1H3. The highest BCUT2D eigenvalue weighted by Crippen LogP contribution is 2.35. The first kappa shape index (κ1) is 27.5. The van der Waals surface area contributed by atoms with Crippen LogP contribution < -0.4 is 15.0 Å². The van der Waals surface area contributed by atoms with Crippen LogP contribution in [-0.2, 0) is 6.61 Å². The number of hydrogen-bond donors (Lipinski definition) is 0. The fraction of sp³-hybridized carbons (Fsp3) is 0.300. The minimum Gasteiger partial charge on any atom is -0.490 e. The van der Waals surface area contributed by atoms with Gasteiger partial charge in [-0.2, -0.15) is 9.78 Å². The lowest BCUT2D eigenvalue weighted by Crippen LogP contribution is -2.25. The van der Waals surface area contributed by atoms with Gasteiger partial charge in [0.1, 0.15) is 18.2 Å². The van der Waals surface area contributed by atoms with E-state index in [2.05, 4.69) is 37.0 Å². The molecule has 1 aliphatic rings. The molecule has 0 spiro atoms. The van der Waals surface area contributed by atoms with Crippen LogP contribution in [-0.4, -0.2) is 22.5 Å². The van der Waals surface area contributed by atoms with Crippen molar-refractivity contribution in [2.24, 2.45) is 5.10 Å². The van der Waals surface area contributed by atoms with E-state index in [0.717, 1.165) is 45.8 Å². The predicted molar refractivity (Wildman–Crippen MR) is 159 cm³/mol. The zero-order valence-electron chi connectivity index (χ0n) is 21.5. The Labute approximate surface area is 243 Å². The topological polar surface area (TPSA) is 65.7 Å². The summed E-state index contributed by atoms with van der Waals surface area (Å²) in [4.78, 5) is 18.5. The molecule has 4 aromatic rings. The third kappa shape index (κ3) is 6.41. The first-order valence-corrected chi connectivity index (χ1v) is 14.6. The smallest absolute Gasteiger partial charge is 0.282 e. The molecule has 0 N–H and O–H groups in total. The summed E-state index contributed by atoms with van der Waals surface area (Å²) in [5, 5.41) is 5.18. The molecule has 1 heterocycles. The Balaban J connectivity index is 1.50. The van der Waals surface area contributed by atoms with Crippen molar-refractivity contribution in [3.05, 3.63) is 96.7 Å². The van der Waals surface area contributed by atoms with Crippen LogP contribution in [0.25, 0.3) is 10.9 Å². The normalized spacial score (nSPS) is 14.3. The molecule has 0 atom stereocenters. The molecular weight excluding hydrogens is 629 g/mol. The van der Waals surface area contributed by atoms with Gasteiger partial charge >= 0.3 is 0 Å². The maximum atomic E-state index is 13.6. The third-order valence-corrected chi connectivity index (χ3v) is 7.97. The van der Waals surface area contributed by atoms with Crippen molar-refractivity contribution >= 4 is 49.0 Å². The first-order chi connectivity index (χ1) is 18.9. The van der Waals surface area contributed by atoms with Crippen LogP contribution in [0, 0.1) is 5.82 Å². The molecule has 3 aromatic carbocycles. The zero-order chi connectivity index (χ0) is 27.4. The van der Waals surface area contributed by atoms with Crippen molar-refractivity contribution in [2.45, 2.75) is 51.6 Å². The van der Waals surface area contributed by atoms with E-state index in [0.29, 0.717) is 34.8 Å². The van der Waals surface area contributed by atoms with Crippen molar-refractivity contribution in [1.29, 1.82) is 0 Å². The number of rotatable bonds is 8. The SMILES string of the molecule is CCOc1cc(C=Nn2c(C3CCCCC3)nc3ccc(Br)cc3c2=O)c(Br)cc1OCc1ccc(F)cc1. The van der Waals surface area contributed by atoms with E-state index in [1.165, 1.54) is 23.2 Å². The highest BCUT2D eigenvalue weighted by molar-refractivity contribution is 9.10. The van der Waals surface area contributed by atoms with Crippen LogP contribution in [0.4, 0.5) is 4.39 Å². The number of ether oxygens (including phenoxy) is 2. The van der Waals surface area contributed by atoms with Crippen molar-refractivity contribution in [1.82, 2.24) is 9.66 Å². The van der Waals surface area contributed by atoms with Crippen molar-refractivity contribution < 1.29 is 13.9 Å². The highest BCUT2D eigenvalue weighted by Gasteiger charge is 2.22. The monoisotopic (exact) mass is 655 g/mol. The molecular formula is C30H28Br2FN3O3. The molecule has 9 heteroatoms. The van der Waals surface area contributed by atoms with Crippen molar-refractivity contribution in [3.63, 3.8) is 0 Å². The molecule has 0 amide bonds. The van der Waals surface area contributed by atoms with Gasteiger partial charge in [-0.15, -0.1) is 0 Å². The molecule has 0 saturated heterocycles.